The number of thiazole rings is 1. The molecule has 1 unspecified atom stereocenters. The summed E-state index contributed by atoms with van der Waals surface area (Å²) in [4.78, 5) is 20.1. The van der Waals surface area contributed by atoms with Crippen LogP contribution in [0.5, 0.6) is 5.75 Å². The normalized spacial score (nSPS) is 15.8. The molecule has 0 aliphatic carbocycles. The monoisotopic (exact) mass is 341 g/mol. The molecule has 0 bridgehead atoms. The number of carbonyl (C=O) groups excluding carboxylic acids is 1. The van der Waals surface area contributed by atoms with Crippen molar-refractivity contribution in [2.75, 3.05) is 6.54 Å². The second kappa shape index (κ2) is 6.40. The van der Waals surface area contributed by atoms with Crippen molar-refractivity contribution in [3.63, 3.8) is 0 Å². The van der Waals surface area contributed by atoms with Crippen molar-refractivity contribution < 1.29 is 9.53 Å². The number of benzene rings is 1. The van der Waals surface area contributed by atoms with Crippen LogP contribution < -0.4 is 10.1 Å². The highest BCUT2D eigenvalue weighted by molar-refractivity contribution is 7.13. The summed E-state index contributed by atoms with van der Waals surface area (Å²) in [5.74, 6) is 0.767. The first-order valence-electron chi connectivity index (χ1n) is 7.57. The summed E-state index contributed by atoms with van der Waals surface area (Å²) < 4.78 is 7.55. The first-order valence-corrected chi connectivity index (χ1v) is 8.45. The molecule has 1 amide bonds. The van der Waals surface area contributed by atoms with Crippen LogP contribution in [-0.4, -0.2) is 38.3 Å². The second-order valence-electron chi connectivity index (χ2n) is 5.47. The van der Waals surface area contributed by atoms with Crippen molar-refractivity contribution >= 4 is 17.2 Å². The van der Waals surface area contributed by atoms with E-state index < -0.39 is 0 Å². The van der Waals surface area contributed by atoms with E-state index in [0.717, 1.165) is 28.3 Å². The highest BCUT2D eigenvalue weighted by atomic mass is 32.1. The maximum atomic E-state index is 11.9. The molecule has 0 saturated heterocycles. The Hall–Kier alpha value is -2.74. The van der Waals surface area contributed by atoms with Crippen LogP contribution in [-0.2, 0) is 17.8 Å². The van der Waals surface area contributed by atoms with E-state index >= 15 is 0 Å². The van der Waals surface area contributed by atoms with Gasteiger partial charge < -0.3 is 10.1 Å². The van der Waals surface area contributed by atoms with Gasteiger partial charge in [-0.25, -0.2) is 14.6 Å². The van der Waals surface area contributed by atoms with Crippen LogP contribution in [0.3, 0.4) is 0 Å². The third-order valence-corrected chi connectivity index (χ3v) is 4.60. The Morgan fingerprint density at radius 1 is 1.46 bits per heavy atom. The molecule has 1 aliphatic heterocycles. The molecule has 2 aromatic heterocycles. The molecule has 122 valence electrons. The lowest BCUT2D eigenvalue weighted by molar-refractivity contribution is -0.122. The smallest absolute Gasteiger partial charge is 0.241 e. The molecule has 3 aromatic rings. The Labute approximate surface area is 142 Å². The van der Waals surface area contributed by atoms with Gasteiger partial charge in [-0.15, -0.1) is 11.3 Å². The van der Waals surface area contributed by atoms with E-state index in [1.807, 2.05) is 17.5 Å². The Balaban J connectivity index is 1.39. The molecule has 1 N–H and O–H groups in total. The first-order chi connectivity index (χ1) is 11.8. The standard InChI is InChI=1S/C16H15N5O2S/c22-14(8-21-10-17-9-20-21)19-7-12-6-11-2-1-3-13(15(11)23-12)16-18-4-5-24-16/h1-5,9-10,12H,6-8H2,(H,19,22). The number of aromatic nitrogens is 4. The van der Waals surface area contributed by atoms with Crippen molar-refractivity contribution in [2.24, 2.45) is 0 Å². The SMILES string of the molecule is O=C(Cn1cncn1)NCC1Cc2cccc(-c3nccs3)c2O1. The minimum Gasteiger partial charge on any atom is -0.487 e. The minimum absolute atomic E-state index is 0.0687. The predicted molar refractivity (Wildman–Crippen MR) is 88.7 cm³/mol. The lowest BCUT2D eigenvalue weighted by Crippen LogP contribution is -2.36. The third kappa shape index (κ3) is 3.00. The van der Waals surface area contributed by atoms with Gasteiger partial charge in [-0.05, 0) is 11.6 Å². The first kappa shape index (κ1) is 14.8. The van der Waals surface area contributed by atoms with Gasteiger partial charge in [0.25, 0.3) is 0 Å². The fraction of sp³-hybridized carbons (Fsp3) is 0.250. The van der Waals surface area contributed by atoms with Gasteiger partial charge in [-0.3, -0.25) is 4.79 Å². The molecule has 8 heteroatoms. The molecule has 0 saturated carbocycles. The van der Waals surface area contributed by atoms with Crippen molar-refractivity contribution in [1.82, 2.24) is 25.1 Å². The number of rotatable bonds is 5. The summed E-state index contributed by atoms with van der Waals surface area (Å²) in [5.41, 5.74) is 2.16. The quantitative estimate of drug-likeness (QED) is 0.761. The van der Waals surface area contributed by atoms with Gasteiger partial charge in [0.15, 0.2) is 0 Å². The van der Waals surface area contributed by atoms with E-state index in [9.17, 15) is 4.79 Å². The van der Waals surface area contributed by atoms with Crippen molar-refractivity contribution in [2.45, 2.75) is 19.1 Å². The molecule has 1 atom stereocenters. The molecule has 0 spiro atoms. The van der Waals surface area contributed by atoms with Crippen molar-refractivity contribution in [1.29, 1.82) is 0 Å². The van der Waals surface area contributed by atoms with E-state index in [-0.39, 0.29) is 18.6 Å². The van der Waals surface area contributed by atoms with Crippen LogP contribution in [0, 0.1) is 0 Å². The van der Waals surface area contributed by atoms with Crippen molar-refractivity contribution in [3.8, 4) is 16.3 Å². The highest BCUT2D eigenvalue weighted by Gasteiger charge is 2.26. The van der Waals surface area contributed by atoms with Gasteiger partial charge in [0, 0.05) is 18.0 Å². The van der Waals surface area contributed by atoms with Crippen LogP contribution in [0.25, 0.3) is 10.6 Å². The van der Waals surface area contributed by atoms with E-state index in [2.05, 4.69) is 26.4 Å². The van der Waals surface area contributed by atoms with Gasteiger partial charge in [-0.2, -0.15) is 5.10 Å². The number of nitrogens with zero attached hydrogens (tertiary/aromatic N) is 4. The van der Waals surface area contributed by atoms with Gasteiger partial charge in [0.05, 0.1) is 12.1 Å². The lowest BCUT2D eigenvalue weighted by Gasteiger charge is -2.13. The van der Waals surface area contributed by atoms with E-state index in [1.54, 1.807) is 17.5 Å². The number of hydrogen-bond donors (Lipinski definition) is 1. The average molecular weight is 341 g/mol. The maximum absolute atomic E-state index is 11.9. The largest absolute Gasteiger partial charge is 0.487 e. The molecule has 7 nitrogen and oxygen atoms in total. The number of amides is 1. The zero-order valence-electron chi connectivity index (χ0n) is 12.8. The Morgan fingerprint density at radius 3 is 3.21 bits per heavy atom. The van der Waals surface area contributed by atoms with Gasteiger partial charge >= 0.3 is 0 Å². The molecule has 24 heavy (non-hydrogen) atoms. The molecular weight excluding hydrogens is 326 g/mol. The maximum Gasteiger partial charge on any atom is 0.241 e. The molecule has 1 aliphatic rings. The molecule has 4 rings (SSSR count). The highest BCUT2D eigenvalue weighted by Crippen LogP contribution is 2.39. The topological polar surface area (TPSA) is 81.9 Å². The van der Waals surface area contributed by atoms with Crippen LogP contribution in [0.1, 0.15) is 5.56 Å². The summed E-state index contributed by atoms with van der Waals surface area (Å²) in [6.07, 6.45) is 5.42. The minimum atomic E-state index is -0.111. The summed E-state index contributed by atoms with van der Waals surface area (Å²) in [7, 11) is 0. The number of nitrogens with one attached hydrogen (secondary N) is 1. The molecule has 1 aromatic carbocycles. The van der Waals surface area contributed by atoms with Gasteiger partial charge in [0.2, 0.25) is 5.91 Å². The third-order valence-electron chi connectivity index (χ3n) is 3.79. The Kier molecular flexibility index (Phi) is 3.96. The predicted octanol–water partition coefficient (Wildman–Crippen LogP) is 1.52. The van der Waals surface area contributed by atoms with Gasteiger partial charge in [-0.1, -0.05) is 12.1 Å². The van der Waals surface area contributed by atoms with Crippen molar-refractivity contribution in [3.05, 3.63) is 48.0 Å². The molecular formula is C16H15N5O2S. The van der Waals surface area contributed by atoms with E-state index in [4.69, 9.17) is 4.74 Å². The van der Waals surface area contributed by atoms with Crippen LogP contribution in [0.2, 0.25) is 0 Å². The number of fused-ring (bicyclic) bond motifs is 1. The number of hydrogen-bond acceptors (Lipinski definition) is 6. The zero-order valence-corrected chi connectivity index (χ0v) is 13.6. The average Bonchev–Trinajstić information content (AvgIpc) is 3.33. The van der Waals surface area contributed by atoms with Crippen LogP contribution in [0.15, 0.2) is 42.4 Å². The summed E-state index contributed by atoms with van der Waals surface area (Å²) in [6, 6.07) is 6.09. The number of para-hydroxylation sites is 1. The number of ether oxygens (including phenoxy) is 1. The Morgan fingerprint density at radius 2 is 2.42 bits per heavy atom. The fourth-order valence-electron chi connectivity index (χ4n) is 2.72. The Bertz CT molecular complexity index is 832. The van der Waals surface area contributed by atoms with Crippen LogP contribution >= 0.6 is 11.3 Å². The number of carbonyl (C=O) groups is 1. The second-order valence-corrected chi connectivity index (χ2v) is 6.37. The molecule has 0 radical (unpaired) electrons. The fourth-order valence-corrected chi connectivity index (χ4v) is 3.38. The molecule has 3 heterocycles. The van der Waals surface area contributed by atoms with Gasteiger partial charge in [0.1, 0.15) is 36.1 Å². The molecule has 0 fully saturated rings. The van der Waals surface area contributed by atoms with E-state index in [1.165, 1.54) is 17.3 Å². The summed E-state index contributed by atoms with van der Waals surface area (Å²) in [5, 5.41) is 9.70. The summed E-state index contributed by atoms with van der Waals surface area (Å²) in [6.45, 7) is 0.615. The zero-order chi connectivity index (χ0) is 16.4. The van der Waals surface area contributed by atoms with E-state index in [0.29, 0.717) is 6.54 Å². The van der Waals surface area contributed by atoms with Crippen LogP contribution in [0.4, 0.5) is 0 Å². The lowest BCUT2D eigenvalue weighted by atomic mass is 10.1. The summed E-state index contributed by atoms with van der Waals surface area (Å²) >= 11 is 1.59.